The van der Waals surface area contributed by atoms with Crippen LogP contribution in [-0.2, 0) is 6.42 Å². The van der Waals surface area contributed by atoms with E-state index in [-0.39, 0.29) is 0 Å². The molecule has 0 aliphatic heterocycles. The second kappa shape index (κ2) is 8.16. The molecule has 0 spiro atoms. The molecule has 1 N–H and O–H groups in total. The van der Waals surface area contributed by atoms with Crippen molar-refractivity contribution in [3.8, 4) is 0 Å². The highest BCUT2D eigenvalue weighted by Crippen LogP contribution is 2.24. The Kier molecular flexibility index (Phi) is 6.52. The quantitative estimate of drug-likeness (QED) is 0.613. The lowest BCUT2D eigenvalue weighted by Gasteiger charge is -2.20. The van der Waals surface area contributed by atoms with Crippen LogP contribution in [-0.4, -0.2) is 6.54 Å². The maximum Gasteiger partial charge on any atom is 0.0435 e. The first-order chi connectivity index (χ1) is 10.1. The van der Waals surface area contributed by atoms with Crippen molar-refractivity contribution in [3.63, 3.8) is 0 Å². The summed E-state index contributed by atoms with van der Waals surface area (Å²) in [6.45, 7) is 5.28. The molecule has 0 radical (unpaired) electrons. The predicted octanol–water partition coefficient (Wildman–Crippen LogP) is 5.54. The Labute approximate surface area is 146 Å². The molecule has 0 heterocycles. The molecule has 2 aromatic carbocycles. The topological polar surface area (TPSA) is 12.0 Å². The van der Waals surface area contributed by atoms with Gasteiger partial charge in [0.1, 0.15) is 0 Å². The van der Waals surface area contributed by atoms with Gasteiger partial charge in [-0.05, 0) is 83.8 Å². The fourth-order valence-electron chi connectivity index (χ4n) is 2.37. The summed E-state index contributed by atoms with van der Waals surface area (Å²) in [4.78, 5) is 0. The monoisotopic (exact) mass is 413 g/mol. The molecule has 0 aliphatic rings. The number of halogens is 2. The van der Waals surface area contributed by atoms with Crippen LogP contribution in [0.3, 0.4) is 0 Å². The Morgan fingerprint density at radius 2 is 1.86 bits per heavy atom. The maximum atomic E-state index is 6.15. The molecule has 0 bridgehead atoms. The summed E-state index contributed by atoms with van der Waals surface area (Å²) in [5.41, 5.74) is 3.81. The van der Waals surface area contributed by atoms with Crippen LogP contribution in [0.4, 0.5) is 0 Å². The van der Waals surface area contributed by atoms with E-state index < -0.39 is 0 Å². The van der Waals surface area contributed by atoms with Crippen LogP contribution in [0.5, 0.6) is 0 Å². The van der Waals surface area contributed by atoms with Crippen LogP contribution in [0.2, 0.25) is 5.02 Å². The summed E-state index contributed by atoms with van der Waals surface area (Å²) in [7, 11) is 0. The van der Waals surface area contributed by atoms with Crippen molar-refractivity contribution in [3.05, 3.63) is 67.7 Å². The summed E-state index contributed by atoms with van der Waals surface area (Å²) >= 11 is 8.49. The summed E-state index contributed by atoms with van der Waals surface area (Å²) in [5.74, 6) is 0. The molecule has 1 unspecified atom stereocenters. The minimum atomic E-state index is 0.334. The number of benzene rings is 2. The highest BCUT2D eigenvalue weighted by Gasteiger charge is 2.12. The zero-order valence-corrected chi connectivity index (χ0v) is 15.4. The lowest BCUT2D eigenvalue weighted by atomic mass is 9.97. The molecule has 0 amide bonds. The van der Waals surface area contributed by atoms with E-state index in [1.54, 1.807) is 0 Å². The van der Waals surface area contributed by atoms with Crippen LogP contribution < -0.4 is 5.32 Å². The molecule has 1 atom stereocenters. The van der Waals surface area contributed by atoms with E-state index in [0.29, 0.717) is 6.04 Å². The first-order valence-corrected chi connectivity index (χ1v) is 8.79. The zero-order valence-electron chi connectivity index (χ0n) is 12.5. The third-order valence-electron chi connectivity index (χ3n) is 3.58. The molecule has 1 nitrogen and oxygen atoms in total. The van der Waals surface area contributed by atoms with Gasteiger partial charge in [-0.1, -0.05) is 42.8 Å². The van der Waals surface area contributed by atoms with Gasteiger partial charge in [0.2, 0.25) is 0 Å². The fourth-order valence-corrected chi connectivity index (χ4v) is 2.84. The van der Waals surface area contributed by atoms with Gasteiger partial charge in [-0.3, -0.25) is 0 Å². The van der Waals surface area contributed by atoms with E-state index in [2.05, 4.69) is 78.2 Å². The fraction of sp³-hybridized carbons (Fsp3) is 0.333. The van der Waals surface area contributed by atoms with Crippen molar-refractivity contribution < 1.29 is 0 Å². The van der Waals surface area contributed by atoms with E-state index in [9.17, 15) is 0 Å². The third-order valence-corrected chi connectivity index (χ3v) is 4.72. The van der Waals surface area contributed by atoms with E-state index in [4.69, 9.17) is 11.6 Å². The molecular weight excluding hydrogens is 393 g/mol. The van der Waals surface area contributed by atoms with Gasteiger partial charge in [0.05, 0.1) is 0 Å². The number of aryl methyl sites for hydroxylation is 1. The lowest BCUT2D eigenvalue weighted by molar-refractivity contribution is 0.529. The molecule has 0 aliphatic carbocycles. The summed E-state index contributed by atoms with van der Waals surface area (Å²) in [6.07, 6.45) is 2.13. The summed E-state index contributed by atoms with van der Waals surface area (Å²) in [5, 5.41) is 4.49. The van der Waals surface area contributed by atoms with Gasteiger partial charge in [0.15, 0.2) is 0 Å². The maximum absolute atomic E-state index is 6.15. The van der Waals surface area contributed by atoms with E-state index in [1.807, 2.05) is 6.07 Å². The van der Waals surface area contributed by atoms with Gasteiger partial charge in [-0.15, -0.1) is 0 Å². The molecule has 0 aromatic heterocycles. The van der Waals surface area contributed by atoms with Crippen molar-refractivity contribution in [1.82, 2.24) is 5.32 Å². The van der Waals surface area contributed by atoms with Gasteiger partial charge < -0.3 is 5.32 Å². The summed E-state index contributed by atoms with van der Waals surface area (Å²) in [6, 6.07) is 15.4. The summed E-state index contributed by atoms with van der Waals surface area (Å²) < 4.78 is 1.27. The highest BCUT2D eigenvalue weighted by molar-refractivity contribution is 14.1. The molecule has 0 saturated carbocycles. The minimum absolute atomic E-state index is 0.334. The first kappa shape index (κ1) is 16.8. The molecule has 112 valence electrons. The van der Waals surface area contributed by atoms with Crippen LogP contribution in [0.25, 0.3) is 0 Å². The molecule has 0 saturated heterocycles. The Bertz CT molecular complexity index is 580. The number of hydrogen-bond acceptors (Lipinski definition) is 1. The molecule has 21 heavy (non-hydrogen) atoms. The third kappa shape index (κ3) is 4.97. The SMILES string of the molecule is CCCNC(Cc1ccc(I)cc1)c1ccc(Cl)c(C)c1. The molecule has 0 fully saturated rings. The van der Waals surface area contributed by atoms with Crippen LogP contribution in [0, 0.1) is 10.5 Å². The molecule has 3 heteroatoms. The number of rotatable bonds is 6. The van der Waals surface area contributed by atoms with Crippen molar-refractivity contribution >= 4 is 34.2 Å². The Morgan fingerprint density at radius 3 is 2.48 bits per heavy atom. The van der Waals surface area contributed by atoms with Crippen LogP contribution in [0.1, 0.15) is 36.1 Å². The second-order valence-electron chi connectivity index (χ2n) is 5.35. The minimum Gasteiger partial charge on any atom is -0.310 e. The average molecular weight is 414 g/mol. The smallest absolute Gasteiger partial charge is 0.0435 e. The zero-order chi connectivity index (χ0) is 15.2. The average Bonchev–Trinajstić information content (AvgIpc) is 2.48. The number of hydrogen-bond donors (Lipinski definition) is 1. The van der Waals surface area contributed by atoms with Crippen LogP contribution >= 0.6 is 34.2 Å². The predicted molar refractivity (Wildman–Crippen MR) is 100 cm³/mol. The molecular formula is C18H21ClIN. The highest BCUT2D eigenvalue weighted by atomic mass is 127. The normalized spacial score (nSPS) is 12.4. The Hall–Kier alpha value is -0.580. The van der Waals surface area contributed by atoms with Crippen LogP contribution in [0.15, 0.2) is 42.5 Å². The number of nitrogens with one attached hydrogen (secondary N) is 1. The van der Waals surface area contributed by atoms with Crippen molar-refractivity contribution in [2.24, 2.45) is 0 Å². The largest absolute Gasteiger partial charge is 0.310 e. The van der Waals surface area contributed by atoms with Crippen molar-refractivity contribution in [2.75, 3.05) is 6.54 Å². The van der Waals surface area contributed by atoms with E-state index >= 15 is 0 Å². The van der Waals surface area contributed by atoms with Gasteiger partial charge in [0.25, 0.3) is 0 Å². The second-order valence-corrected chi connectivity index (χ2v) is 7.00. The van der Waals surface area contributed by atoms with E-state index in [1.165, 1.54) is 14.7 Å². The first-order valence-electron chi connectivity index (χ1n) is 7.34. The Balaban J connectivity index is 2.20. The van der Waals surface area contributed by atoms with Gasteiger partial charge >= 0.3 is 0 Å². The van der Waals surface area contributed by atoms with E-state index in [0.717, 1.165) is 30.0 Å². The van der Waals surface area contributed by atoms with Gasteiger partial charge in [-0.25, -0.2) is 0 Å². The standard InChI is InChI=1S/C18H21ClIN/c1-3-10-21-18(12-14-4-7-16(20)8-5-14)15-6-9-17(19)13(2)11-15/h4-9,11,18,21H,3,10,12H2,1-2H3. The van der Waals surface area contributed by atoms with Gasteiger partial charge in [0, 0.05) is 14.6 Å². The van der Waals surface area contributed by atoms with Gasteiger partial charge in [-0.2, -0.15) is 0 Å². The Morgan fingerprint density at radius 1 is 1.14 bits per heavy atom. The lowest BCUT2D eigenvalue weighted by Crippen LogP contribution is -2.24. The van der Waals surface area contributed by atoms with Crippen molar-refractivity contribution in [1.29, 1.82) is 0 Å². The molecule has 2 aromatic rings. The molecule has 2 rings (SSSR count). The van der Waals surface area contributed by atoms with Crippen molar-refractivity contribution in [2.45, 2.75) is 32.7 Å².